The molecular weight excluding hydrogens is 572 g/mol. The van der Waals surface area contributed by atoms with Crippen LogP contribution in [0.2, 0.25) is 0 Å². The van der Waals surface area contributed by atoms with Gasteiger partial charge in [-0.2, -0.15) is 0 Å². The lowest BCUT2D eigenvalue weighted by Gasteiger charge is -2.35. The summed E-state index contributed by atoms with van der Waals surface area (Å²) in [6, 6.07) is 22.6. The average molecular weight is 607 g/mol. The van der Waals surface area contributed by atoms with Gasteiger partial charge in [0.2, 0.25) is 17.7 Å². The molecule has 0 radical (unpaired) electrons. The summed E-state index contributed by atoms with van der Waals surface area (Å²) in [5.74, 6) is 0.223. The van der Waals surface area contributed by atoms with Crippen molar-refractivity contribution in [3.05, 3.63) is 90.3 Å². The van der Waals surface area contributed by atoms with Crippen LogP contribution in [0.3, 0.4) is 0 Å². The lowest BCUT2D eigenvalue weighted by Crippen LogP contribution is -2.47. The molecule has 45 heavy (non-hydrogen) atoms. The molecule has 3 amide bonds. The highest BCUT2D eigenvalue weighted by atomic mass is 16.4. The Labute approximate surface area is 259 Å². The molecule has 5 aromatic rings. The molecule has 0 unspecified atom stereocenters. The van der Waals surface area contributed by atoms with Crippen molar-refractivity contribution in [1.29, 1.82) is 0 Å². The van der Waals surface area contributed by atoms with Crippen LogP contribution in [0.5, 0.6) is 0 Å². The Morgan fingerprint density at radius 2 is 1.73 bits per heavy atom. The number of aromatic nitrogens is 3. The fourth-order valence-corrected chi connectivity index (χ4v) is 5.97. The number of benzene rings is 3. The van der Waals surface area contributed by atoms with Gasteiger partial charge in [-0.05, 0) is 74.2 Å². The fraction of sp³-hybridized carbons (Fsp3) is 0.265. The maximum atomic E-state index is 14.1. The predicted octanol–water partition coefficient (Wildman–Crippen LogP) is 6.64. The molecule has 2 atom stereocenters. The summed E-state index contributed by atoms with van der Waals surface area (Å²) in [5.41, 5.74) is 4.91. The van der Waals surface area contributed by atoms with Crippen LogP contribution in [0.1, 0.15) is 57.2 Å². The molecule has 0 saturated carbocycles. The lowest BCUT2D eigenvalue weighted by molar-refractivity contribution is -0.138. The molecular formula is C34H34N6O5. The van der Waals surface area contributed by atoms with Crippen molar-refractivity contribution in [1.82, 2.24) is 25.0 Å². The molecule has 3 N–H and O–H groups in total. The van der Waals surface area contributed by atoms with Gasteiger partial charge in [0.15, 0.2) is 0 Å². The van der Waals surface area contributed by atoms with E-state index in [-0.39, 0.29) is 11.8 Å². The van der Waals surface area contributed by atoms with Crippen molar-refractivity contribution in [3.8, 4) is 22.7 Å². The maximum absolute atomic E-state index is 14.1. The topological polar surface area (TPSA) is 145 Å². The first kappa shape index (κ1) is 29.6. The lowest BCUT2D eigenvalue weighted by atomic mass is 10.0. The van der Waals surface area contributed by atoms with Crippen molar-refractivity contribution >= 4 is 34.5 Å². The smallest absolute Gasteiger partial charge is 0.408 e. The molecule has 6 rings (SSSR count). The first-order valence-electron chi connectivity index (χ1n) is 14.9. The van der Waals surface area contributed by atoms with Crippen LogP contribution in [-0.2, 0) is 9.59 Å². The molecule has 11 heteroatoms. The molecule has 11 nitrogen and oxygen atoms in total. The first-order valence-corrected chi connectivity index (χ1v) is 14.9. The number of anilines is 1. The Kier molecular flexibility index (Phi) is 8.08. The molecule has 0 aliphatic carbocycles. The molecule has 2 aromatic heterocycles. The van der Waals surface area contributed by atoms with E-state index in [0.29, 0.717) is 30.3 Å². The summed E-state index contributed by atoms with van der Waals surface area (Å²) in [6.45, 7) is 5.46. The van der Waals surface area contributed by atoms with E-state index >= 15 is 0 Å². The van der Waals surface area contributed by atoms with E-state index < -0.39 is 24.2 Å². The molecule has 230 valence electrons. The molecule has 3 heterocycles. The van der Waals surface area contributed by atoms with Gasteiger partial charge in [0.05, 0.1) is 0 Å². The second-order valence-corrected chi connectivity index (χ2v) is 11.5. The molecule has 1 aliphatic rings. The highest BCUT2D eigenvalue weighted by Gasteiger charge is 2.41. The third-order valence-corrected chi connectivity index (χ3v) is 8.05. The van der Waals surface area contributed by atoms with Gasteiger partial charge in [-0.25, -0.2) is 4.79 Å². The van der Waals surface area contributed by atoms with Crippen LogP contribution < -0.4 is 5.32 Å². The summed E-state index contributed by atoms with van der Waals surface area (Å²) in [7, 11) is 0. The Balaban J connectivity index is 1.25. The number of nitrogens with one attached hydrogen (secondary N) is 2. The number of rotatable bonds is 8. The Bertz CT molecular complexity index is 1850. The van der Waals surface area contributed by atoms with Crippen LogP contribution in [-0.4, -0.2) is 60.6 Å². The first-order chi connectivity index (χ1) is 21.7. The van der Waals surface area contributed by atoms with E-state index in [1.807, 2.05) is 54.6 Å². The number of carboxylic acid groups (broad SMARTS) is 1. The van der Waals surface area contributed by atoms with Crippen LogP contribution in [0.15, 0.2) is 83.3 Å². The number of amides is 3. The second kappa shape index (κ2) is 12.3. The molecule has 1 fully saturated rings. The largest absolute Gasteiger partial charge is 0.465 e. The summed E-state index contributed by atoms with van der Waals surface area (Å²) < 4.78 is 6.17. The minimum atomic E-state index is -1.16. The number of H-pyrrole nitrogens is 1. The number of fused-ring (bicyclic) bond motifs is 1. The van der Waals surface area contributed by atoms with Crippen LogP contribution in [0, 0.1) is 0 Å². The van der Waals surface area contributed by atoms with Gasteiger partial charge in [0, 0.05) is 47.4 Å². The van der Waals surface area contributed by atoms with Gasteiger partial charge in [-0.3, -0.25) is 14.5 Å². The second-order valence-electron chi connectivity index (χ2n) is 11.5. The van der Waals surface area contributed by atoms with E-state index in [1.54, 1.807) is 43.0 Å². The number of carbonyl (C=O) groups is 3. The van der Waals surface area contributed by atoms with Gasteiger partial charge in [-0.15, -0.1) is 10.2 Å². The van der Waals surface area contributed by atoms with Crippen molar-refractivity contribution in [3.63, 3.8) is 0 Å². The van der Waals surface area contributed by atoms with E-state index in [2.05, 4.69) is 20.5 Å². The highest BCUT2D eigenvalue weighted by Crippen LogP contribution is 2.37. The zero-order valence-corrected chi connectivity index (χ0v) is 25.2. The van der Waals surface area contributed by atoms with Crippen molar-refractivity contribution in [2.75, 3.05) is 11.9 Å². The maximum Gasteiger partial charge on any atom is 0.408 e. The van der Waals surface area contributed by atoms with Gasteiger partial charge >= 0.3 is 6.09 Å². The summed E-state index contributed by atoms with van der Waals surface area (Å²) in [6.07, 6.45) is 0.201. The van der Waals surface area contributed by atoms with Crippen LogP contribution in [0.25, 0.3) is 33.6 Å². The standard InChI is InChI=1S/C34H34N6O5/c1-20(2)40(34(43)44)30(23-8-5-4-6-9-23)33(42)39-17-7-10-29(39)32-38-37-31(45-32)24-13-16-27-25(18-24)19-28(36-27)22-11-14-26(15-12-22)35-21(3)41/h4-6,8-9,11-16,18-20,29-30,36H,7,10,17H2,1-3H3,(H,35,41)(H,43,44)/t29-,30+/m0/s1. The van der Waals surface area contributed by atoms with Crippen LogP contribution in [0.4, 0.5) is 10.5 Å². The Hall–Kier alpha value is -5.45. The van der Waals surface area contributed by atoms with Crippen molar-refractivity contribution < 1.29 is 23.9 Å². The van der Waals surface area contributed by atoms with Gasteiger partial charge < -0.3 is 24.7 Å². The molecule has 3 aromatic carbocycles. The quantitative estimate of drug-likeness (QED) is 0.180. The van der Waals surface area contributed by atoms with E-state index in [4.69, 9.17) is 4.42 Å². The monoisotopic (exact) mass is 606 g/mol. The third kappa shape index (κ3) is 6.01. The SMILES string of the molecule is CC(=O)Nc1ccc(-c2cc3cc(-c4nnc([C@@H]5CCCN5C(=O)[C@@H](c5ccccc5)N(C(=O)O)C(C)C)o4)ccc3[nH]2)cc1. The van der Waals surface area contributed by atoms with Gasteiger partial charge in [-0.1, -0.05) is 42.5 Å². The number of likely N-dealkylation sites (tertiary alicyclic amines) is 1. The van der Waals surface area contributed by atoms with E-state index in [1.165, 1.54) is 11.8 Å². The minimum absolute atomic E-state index is 0.121. The number of carbonyl (C=O) groups excluding carboxylic acids is 2. The number of hydrogen-bond donors (Lipinski definition) is 3. The summed E-state index contributed by atoms with van der Waals surface area (Å²) in [4.78, 5) is 44.0. The van der Waals surface area contributed by atoms with E-state index in [0.717, 1.165) is 39.8 Å². The van der Waals surface area contributed by atoms with Crippen molar-refractivity contribution in [2.45, 2.75) is 51.7 Å². The molecule has 0 spiro atoms. The molecule has 1 saturated heterocycles. The summed E-state index contributed by atoms with van der Waals surface area (Å²) >= 11 is 0. The predicted molar refractivity (Wildman–Crippen MR) is 169 cm³/mol. The van der Waals surface area contributed by atoms with Gasteiger partial charge in [0.1, 0.15) is 12.1 Å². The average Bonchev–Trinajstić information content (AvgIpc) is 3.79. The summed E-state index contributed by atoms with van der Waals surface area (Å²) in [5, 5.41) is 22.4. The van der Waals surface area contributed by atoms with E-state index in [9.17, 15) is 19.5 Å². The zero-order chi connectivity index (χ0) is 31.7. The van der Waals surface area contributed by atoms with Crippen molar-refractivity contribution in [2.24, 2.45) is 0 Å². The third-order valence-electron chi connectivity index (χ3n) is 8.05. The minimum Gasteiger partial charge on any atom is -0.465 e. The highest BCUT2D eigenvalue weighted by molar-refractivity contribution is 5.91. The molecule has 0 bridgehead atoms. The van der Waals surface area contributed by atoms with Crippen LogP contribution >= 0.6 is 0 Å². The fourth-order valence-electron chi connectivity index (χ4n) is 5.97. The molecule has 1 aliphatic heterocycles. The number of aromatic amines is 1. The Morgan fingerprint density at radius 3 is 2.42 bits per heavy atom. The van der Waals surface area contributed by atoms with Gasteiger partial charge in [0.25, 0.3) is 5.91 Å². The zero-order valence-electron chi connectivity index (χ0n) is 25.2. The normalized spacial score (nSPS) is 15.4. The number of hydrogen-bond acceptors (Lipinski definition) is 6. The Morgan fingerprint density at radius 1 is 1.00 bits per heavy atom. The number of nitrogens with zero attached hydrogens (tertiary/aromatic N) is 4.